The first kappa shape index (κ1) is 9.62. The van der Waals surface area contributed by atoms with Gasteiger partial charge in [0.2, 0.25) is 0 Å². The highest BCUT2D eigenvalue weighted by Gasteiger charge is 2.43. The molecule has 2 N–H and O–H groups in total. The van der Waals surface area contributed by atoms with Crippen LogP contribution in [0.25, 0.3) is 0 Å². The molecule has 1 heterocycles. The van der Waals surface area contributed by atoms with Crippen LogP contribution in [0.15, 0.2) is 30.3 Å². The number of nitrogens with one attached hydrogen (secondary N) is 1. The van der Waals surface area contributed by atoms with Gasteiger partial charge < -0.3 is 10.4 Å². The fourth-order valence-corrected chi connectivity index (χ4v) is 2.00. The van der Waals surface area contributed by atoms with Gasteiger partial charge in [-0.2, -0.15) is 0 Å². The second kappa shape index (κ2) is 3.67. The average molecular weight is 195 g/mol. The number of hydrogen-bond acceptors (Lipinski definition) is 2. The minimum atomic E-state index is -1.50. The highest BCUT2D eigenvalue weighted by molar-refractivity contribution is 5.25. The van der Waals surface area contributed by atoms with Gasteiger partial charge in [0.1, 0.15) is 0 Å². The number of benzene rings is 1. The SMILES string of the molecule is OC[C@@]1(F)CNC[C@H]1c1ccccc1. The maximum absolute atomic E-state index is 14.1. The highest BCUT2D eigenvalue weighted by Crippen LogP contribution is 2.34. The summed E-state index contributed by atoms with van der Waals surface area (Å²) in [5.41, 5.74) is -0.546. The molecule has 1 aliphatic rings. The Hall–Kier alpha value is -0.930. The van der Waals surface area contributed by atoms with Crippen molar-refractivity contribution < 1.29 is 9.50 Å². The lowest BCUT2D eigenvalue weighted by atomic mass is 9.87. The maximum atomic E-state index is 14.1. The summed E-state index contributed by atoms with van der Waals surface area (Å²) >= 11 is 0. The third-order valence-electron chi connectivity index (χ3n) is 2.86. The van der Waals surface area contributed by atoms with E-state index in [0.29, 0.717) is 6.54 Å². The summed E-state index contributed by atoms with van der Waals surface area (Å²) in [6, 6.07) is 9.50. The van der Waals surface area contributed by atoms with Crippen LogP contribution in [-0.4, -0.2) is 30.5 Å². The lowest BCUT2D eigenvalue weighted by Gasteiger charge is -2.24. The molecular weight excluding hydrogens is 181 g/mol. The van der Waals surface area contributed by atoms with E-state index in [1.165, 1.54) is 0 Å². The van der Waals surface area contributed by atoms with Crippen LogP contribution >= 0.6 is 0 Å². The van der Waals surface area contributed by atoms with Gasteiger partial charge in [0, 0.05) is 19.0 Å². The number of alkyl halides is 1. The largest absolute Gasteiger partial charge is 0.393 e. The van der Waals surface area contributed by atoms with E-state index in [9.17, 15) is 4.39 Å². The molecule has 0 bridgehead atoms. The Balaban J connectivity index is 2.26. The van der Waals surface area contributed by atoms with E-state index in [1.54, 1.807) is 0 Å². The smallest absolute Gasteiger partial charge is 0.154 e. The van der Waals surface area contributed by atoms with Crippen molar-refractivity contribution in [1.29, 1.82) is 0 Å². The van der Waals surface area contributed by atoms with E-state index in [-0.39, 0.29) is 12.5 Å². The molecule has 0 saturated carbocycles. The monoisotopic (exact) mass is 195 g/mol. The van der Waals surface area contributed by atoms with Gasteiger partial charge in [-0.05, 0) is 5.56 Å². The van der Waals surface area contributed by atoms with Gasteiger partial charge >= 0.3 is 0 Å². The Morgan fingerprint density at radius 2 is 2.14 bits per heavy atom. The van der Waals surface area contributed by atoms with Gasteiger partial charge in [0.05, 0.1) is 6.61 Å². The lowest BCUT2D eigenvalue weighted by molar-refractivity contribution is 0.0739. The summed E-state index contributed by atoms with van der Waals surface area (Å²) < 4.78 is 14.1. The Labute approximate surface area is 82.8 Å². The summed E-state index contributed by atoms with van der Waals surface area (Å²) in [5, 5.41) is 12.0. The number of hydrogen-bond donors (Lipinski definition) is 2. The minimum absolute atomic E-state index is 0.228. The summed E-state index contributed by atoms with van der Waals surface area (Å²) in [5.74, 6) is -0.228. The van der Waals surface area contributed by atoms with Crippen molar-refractivity contribution in [3.8, 4) is 0 Å². The number of rotatable bonds is 2. The van der Waals surface area contributed by atoms with Crippen molar-refractivity contribution in [2.45, 2.75) is 11.6 Å². The molecule has 1 aromatic carbocycles. The first-order valence-corrected chi connectivity index (χ1v) is 4.82. The molecule has 76 valence electrons. The molecule has 2 nitrogen and oxygen atoms in total. The standard InChI is InChI=1S/C11H14FNO/c12-11(8-14)7-13-6-10(11)9-4-2-1-3-5-9/h1-5,10,13-14H,6-8H2/t10-,11-/m0/s1. The highest BCUT2D eigenvalue weighted by atomic mass is 19.1. The van der Waals surface area contributed by atoms with Crippen LogP contribution in [0.1, 0.15) is 11.5 Å². The Kier molecular flexibility index (Phi) is 2.52. The second-order valence-electron chi connectivity index (χ2n) is 3.79. The number of aliphatic hydroxyl groups excluding tert-OH is 1. The quantitative estimate of drug-likeness (QED) is 0.740. The Bertz CT molecular complexity index is 303. The molecule has 1 aromatic rings. The van der Waals surface area contributed by atoms with Crippen molar-refractivity contribution in [1.82, 2.24) is 5.32 Å². The second-order valence-corrected chi connectivity index (χ2v) is 3.79. The molecule has 0 spiro atoms. The summed E-state index contributed by atoms with van der Waals surface area (Å²) in [6.07, 6.45) is 0. The molecule has 2 atom stereocenters. The molecule has 2 rings (SSSR count). The molecule has 1 saturated heterocycles. The molecule has 0 amide bonds. The Morgan fingerprint density at radius 1 is 1.43 bits per heavy atom. The maximum Gasteiger partial charge on any atom is 0.154 e. The number of halogens is 1. The van der Waals surface area contributed by atoms with Crippen LogP contribution in [0.4, 0.5) is 4.39 Å². The van der Waals surface area contributed by atoms with Gasteiger partial charge in [-0.3, -0.25) is 0 Å². The molecule has 3 heteroatoms. The van der Waals surface area contributed by atoms with Crippen molar-refractivity contribution in [2.75, 3.05) is 19.7 Å². The van der Waals surface area contributed by atoms with E-state index in [4.69, 9.17) is 5.11 Å². The summed E-state index contributed by atoms with van der Waals surface area (Å²) in [6.45, 7) is 0.420. The van der Waals surface area contributed by atoms with Crippen LogP contribution in [0.5, 0.6) is 0 Å². The van der Waals surface area contributed by atoms with Crippen LogP contribution in [-0.2, 0) is 0 Å². The summed E-state index contributed by atoms with van der Waals surface area (Å²) in [4.78, 5) is 0. The predicted molar refractivity (Wildman–Crippen MR) is 53.0 cm³/mol. The van der Waals surface area contributed by atoms with Crippen molar-refractivity contribution in [3.05, 3.63) is 35.9 Å². The van der Waals surface area contributed by atoms with Crippen molar-refractivity contribution in [3.63, 3.8) is 0 Å². The molecule has 1 aliphatic heterocycles. The van der Waals surface area contributed by atoms with Crippen LogP contribution < -0.4 is 5.32 Å². The van der Waals surface area contributed by atoms with Gasteiger partial charge in [-0.25, -0.2) is 4.39 Å². The van der Waals surface area contributed by atoms with E-state index < -0.39 is 12.3 Å². The molecule has 0 radical (unpaired) electrons. The fourth-order valence-electron chi connectivity index (χ4n) is 2.00. The van der Waals surface area contributed by atoms with Gasteiger partial charge in [0.25, 0.3) is 0 Å². The fraction of sp³-hybridized carbons (Fsp3) is 0.455. The zero-order valence-corrected chi connectivity index (χ0v) is 7.91. The number of aliphatic hydroxyl groups is 1. The topological polar surface area (TPSA) is 32.3 Å². The minimum Gasteiger partial charge on any atom is -0.393 e. The third kappa shape index (κ3) is 1.53. The van der Waals surface area contributed by atoms with Crippen LogP contribution in [0, 0.1) is 0 Å². The molecule has 0 aromatic heterocycles. The van der Waals surface area contributed by atoms with Crippen molar-refractivity contribution in [2.24, 2.45) is 0 Å². The van der Waals surface area contributed by atoms with Crippen molar-refractivity contribution >= 4 is 0 Å². The van der Waals surface area contributed by atoms with Gasteiger partial charge in [-0.15, -0.1) is 0 Å². The van der Waals surface area contributed by atoms with Gasteiger partial charge in [-0.1, -0.05) is 30.3 Å². The molecule has 1 fully saturated rings. The first-order valence-electron chi connectivity index (χ1n) is 4.82. The van der Waals surface area contributed by atoms with E-state index in [0.717, 1.165) is 5.56 Å². The molecular formula is C11H14FNO. The molecule has 0 unspecified atom stereocenters. The lowest BCUT2D eigenvalue weighted by Crippen LogP contribution is -2.35. The molecule has 0 aliphatic carbocycles. The first-order chi connectivity index (χ1) is 6.76. The third-order valence-corrected chi connectivity index (χ3v) is 2.86. The zero-order valence-electron chi connectivity index (χ0n) is 7.91. The average Bonchev–Trinajstić information content (AvgIpc) is 2.63. The predicted octanol–water partition coefficient (Wildman–Crippen LogP) is 1.07. The zero-order chi connectivity index (χ0) is 10.0. The normalized spacial score (nSPS) is 32.0. The van der Waals surface area contributed by atoms with Crippen LogP contribution in [0.2, 0.25) is 0 Å². The van der Waals surface area contributed by atoms with Crippen LogP contribution in [0.3, 0.4) is 0 Å². The van der Waals surface area contributed by atoms with E-state index >= 15 is 0 Å². The van der Waals surface area contributed by atoms with Gasteiger partial charge in [0.15, 0.2) is 5.67 Å². The Morgan fingerprint density at radius 3 is 2.79 bits per heavy atom. The van der Waals surface area contributed by atoms with E-state index in [1.807, 2.05) is 30.3 Å². The summed E-state index contributed by atoms with van der Waals surface area (Å²) in [7, 11) is 0. The van der Waals surface area contributed by atoms with E-state index in [2.05, 4.69) is 5.32 Å². The molecule has 14 heavy (non-hydrogen) atoms.